The van der Waals surface area contributed by atoms with Crippen molar-refractivity contribution in [2.45, 2.75) is 6.61 Å². The number of benzene rings is 1. The van der Waals surface area contributed by atoms with Crippen LogP contribution in [0.1, 0.15) is 5.56 Å². The van der Waals surface area contributed by atoms with Gasteiger partial charge in [-0.3, -0.25) is 5.41 Å². The van der Waals surface area contributed by atoms with Gasteiger partial charge in [0.2, 0.25) is 0 Å². The zero-order chi connectivity index (χ0) is 9.52. The van der Waals surface area contributed by atoms with Crippen LogP contribution in [0.3, 0.4) is 0 Å². The standard InChI is InChI=1S/C9H12N2OS/c10-9(11)13-7-12-6-8-4-2-1-3-5-8/h1-5H,6-7H2,(H3,10,11). The lowest BCUT2D eigenvalue weighted by molar-refractivity contribution is 0.169. The van der Waals surface area contributed by atoms with Crippen molar-refractivity contribution >= 4 is 16.9 Å². The molecular formula is C9H12N2OS. The lowest BCUT2D eigenvalue weighted by Crippen LogP contribution is -2.05. The Morgan fingerprint density at radius 2 is 2.08 bits per heavy atom. The summed E-state index contributed by atoms with van der Waals surface area (Å²) in [5, 5.41) is 7.03. The topological polar surface area (TPSA) is 59.1 Å². The number of rotatable bonds is 4. The van der Waals surface area contributed by atoms with Gasteiger partial charge in [-0.05, 0) is 5.56 Å². The van der Waals surface area contributed by atoms with Crippen molar-refractivity contribution in [2.24, 2.45) is 5.73 Å². The summed E-state index contributed by atoms with van der Waals surface area (Å²) in [6.45, 7) is 0.571. The number of ether oxygens (including phenoxy) is 1. The fraction of sp³-hybridized carbons (Fsp3) is 0.222. The summed E-state index contributed by atoms with van der Waals surface area (Å²) in [4.78, 5) is 0. The molecule has 0 aliphatic heterocycles. The smallest absolute Gasteiger partial charge is 0.153 e. The van der Waals surface area contributed by atoms with E-state index in [2.05, 4.69) is 0 Å². The lowest BCUT2D eigenvalue weighted by atomic mass is 10.2. The summed E-state index contributed by atoms with van der Waals surface area (Å²) in [5.74, 6) is 0.435. The first-order valence-electron chi connectivity index (χ1n) is 3.87. The average Bonchev–Trinajstić information content (AvgIpc) is 2.14. The first kappa shape index (κ1) is 10.1. The van der Waals surface area contributed by atoms with E-state index in [1.165, 1.54) is 11.8 Å². The van der Waals surface area contributed by atoms with Crippen molar-refractivity contribution in [1.29, 1.82) is 5.41 Å². The van der Waals surface area contributed by atoms with E-state index in [-0.39, 0.29) is 5.17 Å². The van der Waals surface area contributed by atoms with Gasteiger partial charge in [-0.25, -0.2) is 0 Å². The van der Waals surface area contributed by atoms with Crippen LogP contribution < -0.4 is 5.73 Å². The minimum Gasteiger partial charge on any atom is -0.379 e. The van der Waals surface area contributed by atoms with Crippen molar-refractivity contribution in [1.82, 2.24) is 0 Å². The van der Waals surface area contributed by atoms with Gasteiger partial charge in [-0.2, -0.15) is 0 Å². The minimum absolute atomic E-state index is 0.0908. The summed E-state index contributed by atoms with van der Waals surface area (Å²) < 4.78 is 5.27. The monoisotopic (exact) mass is 196 g/mol. The molecule has 0 aliphatic carbocycles. The molecule has 0 heterocycles. The summed E-state index contributed by atoms with van der Waals surface area (Å²) in [5.41, 5.74) is 6.27. The largest absolute Gasteiger partial charge is 0.379 e. The molecule has 0 aromatic heterocycles. The Labute approximate surface area is 81.8 Å². The molecule has 0 radical (unpaired) electrons. The van der Waals surface area contributed by atoms with E-state index in [9.17, 15) is 0 Å². The first-order chi connectivity index (χ1) is 6.29. The second kappa shape index (κ2) is 5.61. The van der Waals surface area contributed by atoms with Gasteiger partial charge in [-0.15, -0.1) is 0 Å². The van der Waals surface area contributed by atoms with Crippen molar-refractivity contribution in [2.75, 3.05) is 5.94 Å². The van der Waals surface area contributed by atoms with Crippen LogP contribution in [-0.2, 0) is 11.3 Å². The van der Waals surface area contributed by atoms with Crippen molar-refractivity contribution in [3.63, 3.8) is 0 Å². The maximum atomic E-state index is 6.94. The van der Waals surface area contributed by atoms with Gasteiger partial charge < -0.3 is 10.5 Å². The van der Waals surface area contributed by atoms with Crippen LogP contribution in [-0.4, -0.2) is 11.1 Å². The molecule has 1 aromatic rings. The van der Waals surface area contributed by atoms with Crippen LogP contribution in [0.4, 0.5) is 0 Å². The van der Waals surface area contributed by atoms with Crippen LogP contribution in [0.25, 0.3) is 0 Å². The summed E-state index contributed by atoms with van der Waals surface area (Å²) >= 11 is 1.19. The molecule has 0 aliphatic rings. The highest BCUT2D eigenvalue weighted by molar-refractivity contribution is 8.13. The predicted octanol–water partition coefficient (Wildman–Crippen LogP) is 1.79. The molecule has 0 saturated carbocycles. The van der Waals surface area contributed by atoms with Gasteiger partial charge in [0.25, 0.3) is 0 Å². The molecule has 3 nitrogen and oxygen atoms in total. The quantitative estimate of drug-likeness (QED) is 0.334. The van der Waals surface area contributed by atoms with Crippen LogP contribution in [0.2, 0.25) is 0 Å². The van der Waals surface area contributed by atoms with Gasteiger partial charge in [-0.1, -0.05) is 42.1 Å². The van der Waals surface area contributed by atoms with Crippen molar-refractivity contribution in [3.8, 4) is 0 Å². The Morgan fingerprint density at radius 1 is 1.38 bits per heavy atom. The van der Waals surface area contributed by atoms with Gasteiger partial charge >= 0.3 is 0 Å². The molecule has 0 spiro atoms. The van der Waals surface area contributed by atoms with Crippen molar-refractivity contribution in [3.05, 3.63) is 35.9 Å². The Kier molecular flexibility index (Phi) is 4.35. The minimum atomic E-state index is 0.0908. The molecule has 1 rings (SSSR count). The number of hydrogen-bond donors (Lipinski definition) is 2. The second-order valence-corrected chi connectivity index (χ2v) is 3.42. The lowest BCUT2D eigenvalue weighted by Gasteiger charge is -2.02. The summed E-state index contributed by atoms with van der Waals surface area (Å²) in [6.07, 6.45) is 0. The Hall–Kier alpha value is -1.00. The molecule has 4 heteroatoms. The van der Waals surface area contributed by atoms with Crippen molar-refractivity contribution < 1.29 is 4.74 Å². The van der Waals surface area contributed by atoms with Gasteiger partial charge in [0.15, 0.2) is 5.17 Å². The molecule has 0 bridgehead atoms. The fourth-order valence-corrected chi connectivity index (χ4v) is 1.13. The highest BCUT2D eigenvalue weighted by Crippen LogP contribution is 2.04. The van der Waals surface area contributed by atoms with Gasteiger partial charge in [0.1, 0.15) is 5.94 Å². The molecule has 70 valence electrons. The Bertz CT molecular complexity index is 264. The molecule has 0 amide bonds. The maximum Gasteiger partial charge on any atom is 0.153 e. The molecular weight excluding hydrogens is 184 g/mol. The summed E-state index contributed by atoms with van der Waals surface area (Å²) in [6, 6.07) is 9.90. The third-order valence-electron chi connectivity index (χ3n) is 1.41. The molecule has 0 fully saturated rings. The zero-order valence-electron chi connectivity index (χ0n) is 7.19. The molecule has 0 atom stereocenters. The van der Waals surface area contributed by atoms with E-state index >= 15 is 0 Å². The van der Waals surface area contributed by atoms with E-state index in [1.54, 1.807) is 0 Å². The van der Waals surface area contributed by atoms with E-state index in [1.807, 2.05) is 30.3 Å². The third kappa shape index (κ3) is 4.55. The van der Waals surface area contributed by atoms with E-state index in [4.69, 9.17) is 15.9 Å². The third-order valence-corrected chi connectivity index (χ3v) is 2.00. The second-order valence-electron chi connectivity index (χ2n) is 2.46. The maximum absolute atomic E-state index is 6.94. The highest BCUT2D eigenvalue weighted by Gasteiger charge is 1.92. The molecule has 0 saturated heterocycles. The number of nitrogens with one attached hydrogen (secondary N) is 1. The number of hydrogen-bond acceptors (Lipinski definition) is 3. The molecule has 13 heavy (non-hydrogen) atoms. The number of nitrogens with two attached hydrogens (primary N) is 1. The van der Waals surface area contributed by atoms with E-state index in [0.29, 0.717) is 12.5 Å². The van der Waals surface area contributed by atoms with Crippen LogP contribution in [0, 0.1) is 5.41 Å². The predicted molar refractivity (Wildman–Crippen MR) is 55.6 cm³/mol. The highest BCUT2D eigenvalue weighted by atomic mass is 32.2. The fourth-order valence-electron chi connectivity index (χ4n) is 0.839. The summed E-state index contributed by atoms with van der Waals surface area (Å²) in [7, 11) is 0. The SMILES string of the molecule is N=C(N)SCOCc1ccccc1. The molecule has 3 N–H and O–H groups in total. The number of thioether (sulfide) groups is 1. The first-order valence-corrected chi connectivity index (χ1v) is 4.86. The van der Waals surface area contributed by atoms with E-state index < -0.39 is 0 Å². The average molecular weight is 196 g/mol. The Balaban J connectivity index is 2.17. The molecule has 0 unspecified atom stereocenters. The number of amidine groups is 1. The van der Waals surface area contributed by atoms with Crippen LogP contribution >= 0.6 is 11.8 Å². The molecule has 1 aromatic carbocycles. The van der Waals surface area contributed by atoms with Crippen LogP contribution in [0.5, 0.6) is 0 Å². The normalized spacial score (nSPS) is 9.85. The van der Waals surface area contributed by atoms with Gasteiger partial charge in [0, 0.05) is 0 Å². The van der Waals surface area contributed by atoms with E-state index in [0.717, 1.165) is 5.56 Å². The van der Waals surface area contributed by atoms with Gasteiger partial charge in [0.05, 0.1) is 6.61 Å². The van der Waals surface area contributed by atoms with Crippen LogP contribution in [0.15, 0.2) is 30.3 Å². The zero-order valence-corrected chi connectivity index (χ0v) is 8.01. The Morgan fingerprint density at radius 3 is 2.69 bits per heavy atom.